The maximum Gasteiger partial charge on any atom is 0.270 e. The molecule has 18 heavy (non-hydrogen) atoms. The molecule has 0 saturated heterocycles. The second-order valence-corrected chi connectivity index (χ2v) is 3.02. The van der Waals surface area contributed by atoms with Crippen molar-refractivity contribution < 1.29 is 14.9 Å². The summed E-state index contributed by atoms with van der Waals surface area (Å²) in [5.74, 6) is 0.0886. The van der Waals surface area contributed by atoms with Crippen molar-refractivity contribution in [3.8, 4) is 5.75 Å². The topological polar surface area (TPSA) is 135 Å². The highest BCUT2D eigenvalue weighted by Gasteiger charge is 2.09. The van der Waals surface area contributed by atoms with E-state index in [0.717, 1.165) is 0 Å². The van der Waals surface area contributed by atoms with Crippen LogP contribution in [0.5, 0.6) is 5.75 Å². The van der Waals surface area contributed by atoms with Gasteiger partial charge in [0.05, 0.1) is 18.2 Å². The average molecular weight is 253 g/mol. The van der Waals surface area contributed by atoms with E-state index < -0.39 is 4.92 Å². The number of rotatable bonds is 4. The highest BCUT2D eigenvalue weighted by Crippen LogP contribution is 2.22. The Kier molecular flexibility index (Phi) is 4.58. The molecule has 0 atom stereocenters. The maximum absolute atomic E-state index is 10.6. The van der Waals surface area contributed by atoms with Crippen molar-refractivity contribution in [1.29, 1.82) is 0 Å². The predicted octanol–water partition coefficient (Wildman–Crippen LogP) is 0.231. The summed E-state index contributed by atoms with van der Waals surface area (Å²) in [7, 11) is 1.42. The fraction of sp³-hybridized carbons (Fsp3) is 0.111. The minimum Gasteiger partial charge on any atom is -0.496 e. The van der Waals surface area contributed by atoms with Gasteiger partial charge in [-0.05, 0) is 6.07 Å². The fourth-order valence-electron chi connectivity index (χ4n) is 1.11. The van der Waals surface area contributed by atoms with Crippen LogP contribution in [0.3, 0.4) is 0 Å². The van der Waals surface area contributed by atoms with Gasteiger partial charge >= 0.3 is 0 Å². The van der Waals surface area contributed by atoms with Crippen LogP contribution in [0.1, 0.15) is 5.56 Å². The van der Waals surface area contributed by atoms with E-state index in [-0.39, 0.29) is 11.6 Å². The minimum atomic E-state index is -0.538. The number of nitro groups is 1. The number of methoxy groups -OCH3 is 1. The lowest BCUT2D eigenvalue weighted by atomic mass is 10.2. The first-order valence-electron chi connectivity index (χ1n) is 4.67. The van der Waals surface area contributed by atoms with Crippen LogP contribution in [0.15, 0.2) is 28.4 Å². The standard InChI is InChI=1S/C9H11N5O4/c1-18-8-3-2-7(14(16)17)4-6(8)5-11-12-9(10)13-15/h2-5,15H,1H3,(H3,10,12,13)/b11-5+. The molecular weight excluding hydrogens is 242 g/mol. The molecule has 0 spiro atoms. The van der Waals surface area contributed by atoms with E-state index in [1.54, 1.807) is 5.48 Å². The lowest BCUT2D eigenvalue weighted by Gasteiger charge is -2.03. The number of nitrogens with zero attached hydrogens (tertiary/aromatic N) is 3. The van der Waals surface area contributed by atoms with Gasteiger partial charge in [-0.15, -0.1) is 5.10 Å². The molecule has 0 amide bonds. The molecule has 1 rings (SSSR count). The summed E-state index contributed by atoms with van der Waals surface area (Å²) in [4.78, 5) is 10.1. The zero-order valence-electron chi connectivity index (χ0n) is 9.40. The van der Waals surface area contributed by atoms with Crippen LogP contribution >= 0.6 is 0 Å². The number of ether oxygens (including phenoxy) is 1. The highest BCUT2D eigenvalue weighted by atomic mass is 16.6. The van der Waals surface area contributed by atoms with Crippen molar-refractivity contribution in [2.24, 2.45) is 15.9 Å². The quantitative estimate of drug-likeness (QED) is 0.304. The molecule has 4 N–H and O–H groups in total. The van der Waals surface area contributed by atoms with Gasteiger partial charge in [-0.25, -0.2) is 5.48 Å². The third-order valence-corrected chi connectivity index (χ3v) is 1.90. The van der Waals surface area contributed by atoms with Crippen LogP contribution in [0.4, 0.5) is 5.69 Å². The molecule has 0 aliphatic heterocycles. The van der Waals surface area contributed by atoms with E-state index in [1.807, 2.05) is 0 Å². The van der Waals surface area contributed by atoms with Gasteiger partial charge < -0.3 is 10.5 Å². The number of hydrogen-bond acceptors (Lipinski definition) is 6. The number of nitro benzene ring substituents is 1. The molecule has 0 fully saturated rings. The van der Waals surface area contributed by atoms with Gasteiger partial charge in [-0.3, -0.25) is 15.3 Å². The summed E-state index contributed by atoms with van der Waals surface area (Å²) in [6, 6.07) is 4.03. The number of guanidine groups is 1. The van der Waals surface area contributed by atoms with Crippen LogP contribution in [-0.4, -0.2) is 29.4 Å². The summed E-state index contributed by atoms with van der Waals surface area (Å²) in [5, 5.41) is 25.9. The van der Waals surface area contributed by atoms with Gasteiger partial charge in [0, 0.05) is 17.7 Å². The lowest BCUT2D eigenvalue weighted by Crippen LogP contribution is -2.27. The third kappa shape index (κ3) is 3.42. The minimum absolute atomic E-state index is 0.102. The van der Waals surface area contributed by atoms with Crippen molar-refractivity contribution in [1.82, 2.24) is 5.48 Å². The maximum atomic E-state index is 10.6. The zero-order valence-corrected chi connectivity index (χ0v) is 9.40. The smallest absolute Gasteiger partial charge is 0.270 e. The van der Waals surface area contributed by atoms with E-state index in [4.69, 9.17) is 15.7 Å². The number of benzene rings is 1. The van der Waals surface area contributed by atoms with Crippen molar-refractivity contribution in [2.75, 3.05) is 7.11 Å². The SMILES string of the molecule is COc1ccc([N+](=O)[O-])cc1/C=N/N=C(\N)NO. The Morgan fingerprint density at radius 2 is 2.39 bits per heavy atom. The van der Waals surface area contributed by atoms with Gasteiger partial charge in [0.25, 0.3) is 5.69 Å². The van der Waals surface area contributed by atoms with Gasteiger partial charge in [-0.2, -0.15) is 5.10 Å². The number of hydroxylamine groups is 1. The van der Waals surface area contributed by atoms with Crippen LogP contribution < -0.4 is 16.0 Å². The van der Waals surface area contributed by atoms with Crippen LogP contribution in [-0.2, 0) is 0 Å². The Bertz CT molecular complexity index is 500. The number of nitrogens with one attached hydrogen (secondary N) is 1. The van der Waals surface area contributed by atoms with Crippen LogP contribution in [0, 0.1) is 10.1 Å². The number of nitrogens with two attached hydrogens (primary N) is 1. The molecule has 9 heteroatoms. The van der Waals surface area contributed by atoms with Crippen molar-refractivity contribution in [3.05, 3.63) is 33.9 Å². The molecule has 0 saturated carbocycles. The summed E-state index contributed by atoms with van der Waals surface area (Å²) >= 11 is 0. The predicted molar refractivity (Wildman–Crippen MR) is 63.8 cm³/mol. The molecule has 9 nitrogen and oxygen atoms in total. The molecule has 1 aromatic rings. The fourth-order valence-corrected chi connectivity index (χ4v) is 1.11. The van der Waals surface area contributed by atoms with E-state index in [9.17, 15) is 10.1 Å². The first-order valence-corrected chi connectivity index (χ1v) is 4.67. The summed E-state index contributed by atoms with van der Waals surface area (Å²) in [5.41, 5.74) is 6.97. The normalized spacial score (nSPS) is 11.6. The average Bonchev–Trinajstić information content (AvgIpc) is 2.38. The Morgan fingerprint density at radius 1 is 1.67 bits per heavy atom. The van der Waals surface area contributed by atoms with Crippen LogP contribution in [0.2, 0.25) is 0 Å². The highest BCUT2D eigenvalue weighted by molar-refractivity contribution is 5.85. The number of hydrogen-bond donors (Lipinski definition) is 3. The van der Waals surface area contributed by atoms with Crippen molar-refractivity contribution in [3.63, 3.8) is 0 Å². The van der Waals surface area contributed by atoms with Gasteiger partial charge in [0.1, 0.15) is 5.75 Å². The second-order valence-electron chi connectivity index (χ2n) is 3.02. The third-order valence-electron chi connectivity index (χ3n) is 1.90. The van der Waals surface area contributed by atoms with E-state index in [0.29, 0.717) is 11.3 Å². The molecule has 0 aliphatic rings. The molecule has 0 aromatic heterocycles. The van der Waals surface area contributed by atoms with Crippen LogP contribution in [0.25, 0.3) is 0 Å². The summed E-state index contributed by atoms with van der Waals surface area (Å²) in [6.07, 6.45) is 1.22. The van der Waals surface area contributed by atoms with E-state index >= 15 is 0 Å². The van der Waals surface area contributed by atoms with Gasteiger partial charge in [-0.1, -0.05) is 0 Å². The largest absolute Gasteiger partial charge is 0.496 e. The molecule has 96 valence electrons. The molecular formula is C9H11N5O4. The summed E-state index contributed by atoms with van der Waals surface area (Å²) in [6.45, 7) is 0. The molecule has 0 unspecified atom stereocenters. The molecule has 1 aromatic carbocycles. The summed E-state index contributed by atoms with van der Waals surface area (Å²) < 4.78 is 5.01. The van der Waals surface area contributed by atoms with E-state index in [1.165, 1.54) is 31.5 Å². The Morgan fingerprint density at radius 3 is 2.94 bits per heavy atom. The Labute approximate surface area is 102 Å². The molecule has 0 aliphatic carbocycles. The zero-order chi connectivity index (χ0) is 13.5. The van der Waals surface area contributed by atoms with Crippen molar-refractivity contribution in [2.45, 2.75) is 0 Å². The first-order chi connectivity index (χ1) is 8.58. The number of non-ortho nitro benzene ring substituents is 1. The molecule has 0 radical (unpaired) electrons. The monoisotopic (exact) mass is 253 g/mol. The van der Waals surface area contributed by atoms with Gasteiger partial charge in [0.2, 0.25) is 5.96 Å². The molecule has 0 bridgehead atoms. The van der Waals surface area contributed by atoms with Crippen molar-refractivity contribution >= 4 is 17.9 Å². The van der Waals surface area contributed by atoms with E-state index in [2.05, 4.69) is 10.2 Å². The lowest BCUT2D eigenvalue weighted by molar-refractivity contribution is -0.384. The van der Waals surface area contributed by atoms with Gasteiger partial charge in [0.15, 0.2) is 0 Å². The Balaban J connectivity index is 3.05. The Hall–Kier alpha value is -2.68. The first kappa shape index (κ1) is 13.4. The molecule has 0 heterocycles. The second kappa shape index (κ2) is 6.15.